The van der Waals surface area contributed by atoms with Crippen molar-refractivity contribution in [1.29, 1.82) is 0 Å². The van der Waals surface area contributed by atoms with E-state index in [-0.39, 0.29) is 0 Å². The van der Waals surface area contributed by atoms with Gasteiger partial charge in [-0.05, 0) is 39.9 Å². The number of aromatic nitrogens is 2. The summed E-state index contributed by atoms with van der Waals surface area (Å²) in [6, 6.07) is 0.492. The average Bonchev–Trinajstić information content (AvgIpc) is 2.86. The van der Waals surface area contributed by atoms with Gasteiger partial charge in [0.2, 0.25) is 0 Å². The minimum Gasteiger partial charge on any atom is -0.462 e. The van der Waals surface area contributed by atoms with E-state index in [1.54, 1.807) is 0 Å². The lowest BCUT2D eigenvalue weighted by atomic mass is 10.2. The first-order chi connectivity index (χ1) is 8.79. The zero-order valence-electron chi connectivity index (χ0n) is 11.3. The number of nitrogens with one attached hydrogen (secondary N) is 1. The van der Waals surface area contributed by atoms with Gasteiger partial charge in [-0.1, -0.05) is 0 Å². The second-order valence-electron chi connectivity index (χ2n) is 4.69. The lowest BCUT2D eigenvalue weighted by molar-refractivity contribution is 0.225. The maximum absolute atomic E-state index is 5.60. The Balaban J connectivity index is 1.80. The topological polar surface area (TPSA) is 50.3 Å². The number of nitrogens with zero attached hydrogens (tertiary/aromatic N) is 3. The van der Waals surface area contributed by atoms with Gasteiger partial charge in [0.1, 0.15) is 6.61 Å². The highest BCUT2D eigenvalue weighted by Crippen LogP contribution is 2.09. The van der Waals surface area contributed by atoms with E-state index in [9.17, 15) is 0 Å². The van der Waals surface area contributed by atoms with E-state index in [2.05, 4.69) is 20.2 Å². The van der Waals surface area contributed by atoms with Gasteiger partial charge in [-0.15, -0.1) is 0 Å². The summed E-state index contributed by atoms with van der Waals surface area (Å²) in [5.74, 6) is 0. The van der Waals surface area contributed by atoms with Crippen molar-refractivity contribution in [3.63, 3.8) is 0 Å². The molecule has 5 nitrogen and oxygen atoms in total. The Morgan fingerprint density at radius 3 is 2.83 bits per heavy atom. The highest BCUT2D eigenvalue weighted by molar-refractivity contribution is 5.17. The maximum Gasteiger partial charge on any atom is 0.316 e. The molecule has 1 aliphatic rings. The highest BCUT2D eigenvalue weighted by Gasteiger charge is 2.11. The van der Waals surface area contributed by atoms with Crippen molar-refractivity contribution in [3.05, 3.63) is 17.5 Å². The van der Waals surface area contributed by atoms with E-state index < -0.39 is 0 Å². The van der Waals surface area contributed by atoms with Crippen LogP contribution in [0.15, 0.2) is 6.20 Å². The molecule has 1 fully saturated rings. The Bertz CT molecular complexity index is 377. The van der Waals surface area contributed by atoms with Crippen LogP contribution in [0.3, 0.4) is 0 Å². The van der Waals surface area contributed by atoms with E-state index in [0.717, 1.165) is 24.3 Å². The smallest absolute Gasteiger partial charge is 0.316 e. The summed E-state index contributed by atoms with van der Waals surface area (Å²) in [6.07, 6.45) is 4.46. The fourth-order valence-corrected chi connectivity index (χ4v) is 2.18. The molecule has 0 atom stereocenters. The second-order valence-corrected chi connectivity index (χ2v) is 4.69. The molecular formula is C13H22N4O. The summed E-state index contributed by atoms with van der Waals surface area (Å²) < 4.78 is 5.60. The van der Waals surface area contributed by atoms with Gasteiger partial charge in [0.15, 0.2) is 0 Å². The van der Waals surface area contributed by atoms with E-state index >= 15 is 0 Å². The lowest BCUT2D eigenvalue weighted by Gasteiger charge is -2.14. The van der Waals surface area contributed by atoms with Gasteiger partial charge in [0.05, 0.1) is 0 Å². The van der Waals surface area contributed by atoms with Crippen LogP contribution < -0.4 is 10.1 Å². The molecule has 0 aliphatic carbocycles. The maximum atomic E-state index is 5.60. The number of likely N-dealkylation sites (tertiary alicyclic amines) is 1. The molecular weight excluding hydrogens is 228 g/mol. The molecule has 5 heteroatoms. The Kier molecular flexibility index (Phi) is 4.90. The molecule has 2 heterocycles. The minimum absolute atomic E-state index is 0.492. The van der Waals surface area contributed by atoms with Gasteiger partial charge in [0.25, 0.3) is 0 Å². The summed E-state index contributed by atoms with van der Waals surface area (Å²) in [5.41, 5.74) is 2.10. The van der Waals surface area contributed by atoms with Gasteiger partial charge in [-0.25, -0.2) is 9.97 Å². The van der Waals surface area contributed by atoms with Gasteiger partial charge in [0, 0.05) is 30.5 Å². The molecule has 0 amide bonds. The van der Waals surface area contributed by atoms with Crippen molar-refractivity contribution in [2.24, 2.45) is 0 Å². The third-order valence-corrected chi connectivity index (χ3v) is 3.26. The predicted molar refractivity (Wildman–Crippen MR) is 70.7 cm³/mol. The van der Waals surface area contributed by atoms with Crippen molar-refractivity contribution >= 4 is 0 Å². The SMILES string of the molecule is CNCc1cnc(OCCN2CCCC2)nc1C. The van der Waals surface area contributed by atoms with E-state index in [1.165, 1.54) is 25.9 Å². The first-order valence-electron chi connectivity index (χ1n) is 6.62. The first-order valence-corrected chi connectivity index (χ1v) is 6.62. The Labute approximate surface area is 109 Å². The Hall–Kier alpha value is -1.20. The summed E-state index contributed by atoms with van der Waals surface area (Å²) >= 11 is 0. The second kappa shape index (κ2) is 6.66. The van der Waals surface area contributed by atoms with Gasteiger partial charge >= 0.3 is 6.01 Å². The summed E-state index contributed by atoms with van der Waals surface area (Å²) in [7, 11) is 1.92. The van der Waals surface area contributed by atoms with Crippen LogP contribution in [0.2, 0.25) is 0 Å². The van der Waals surface area contributed by atoms with Crippen molar-refractivity contribution in [3.8, 4) is 6.01 Å². The van der Waals surface area contributed by atoms with Crippen LogP contribution in [0.25, 0.3) is 0 Å². The number of hydrogen-bond donors (Lipinski definition) is 1. The van der Waals surface area contributed by atoms with Crippen molar-refractivity contribution in [2.75, 3.05) is 33.3 Å². The van der Waals surface area contributed by atoms with Crippen molar-refractivity contribution < 1.29 is 4.74 Å². The molecule has 0 aromatic carbocycles. The largest absolute Gasteiger partial charge is 0.462 e. The van der Waals surface area contributed by atoms with Crippen molar-refractivity contribution in [2.45, 2.75) is 26.3 Å². The van der Waals surface area contributed by atoms with E-state index in [4.69, 9.17) is 4.74 Å². The molecule has 0 saturated carbocycles. The van der Waals surface area contributed by atoms with Crippen LogP contribution in [0.1, 0.15) is 24.1 Å². The molecule has 18 heavy (non-hydrogen) atoms. The van der Waals surface area contributed by atoms with Crippen LogP contribution >= 0.6 is 0 Å². The monoisotopic (exact) mass is 250 g/mol. The number of hydrogen-bond acceptors (Lipinski definition) is 5. The van der Waals surface area contributed by atoms with E-state index in [0.29, 0.717) is 12.6 Å². The number of ether oxygens (including phenoxy) is 1. The molecule has 1 aromatic heterocycles. The number of aryl methyl sites for hydroxylation is 1. The summed E-state index contributed by atoms with van der Waals surface area (Å²) in [5, 5.41) is 3.10. The fraction of sp³-hybridized carbons (Fsp3) is 0.692. The quantitative estimate of drug-likeness (QED) is 0.815. The van der Waals surface area contributed by atoms with Gasteiger partial charge < -0.3 is 10.1 Å². The molecule has 1 N–H and O–H groups in total. The molecule has 1 aliphatic heterocycles. The first kappa shape index (κ1) is 13.2. The Morgan fingerprint density at radius 2 is 2.17 bits per heavy atom. The zero-order chi connectivity index (χ0) is 12.8. The third kappa shape index (κ3) is 3.65. The lowest BCUT2D eigenvalue weighted by Crippen LogP contribution is -2.25. The summed E-state index contributed by atoms with van der Waals surface area (Å²) in [4.78, 5) is 11.0. The predicted octanol–water partition coefficient (Wildman–Crippen LogP) is 0.979. The fourth-order valence-electron chi connectivity index (χ4n) is 2.18. The molecule has 0 spiro atoms. The zero-order valence-corrected chi connectivity index (χ0v) is 11.3. The third-order valence-electron chi connectivity index (χ3n) is 3.26. The Morgan fingerprint density at radius 1 is 1.39 bits per heavy atom. The van der Waals surface area contributed by atoms with Crippen LogP contribution in [-0.4, -0.2) is 48.2 Å². The van der Waals surface area contributed by atoms with Crippen LogP contribution in [0, 0.1) is 6.92 Å². The molecule has 0 radical (unpaired) electrons. The molecule has 1 aromatic rings. The molecule has 100 valence electrons. The van der Waals surface area contributed by atoms with Crippen LogP contribution in [0.5, 0.6) is 6.01 Å². The standard InChI is InChI=1S/C13H22N4O/c1-11-12(9-14-2)10-15-13(16-11)18-8-7-17-5-3-4-6-17/h10,14H,3-9H2,1-2H3. The summed E-state index contributed by atoms with van der Waals surface area (Å²) in [6.45, 7) is 6.82. The number of rotatable bonds is 6. The molecule has 1 saturated heterocycles. The normalized spacial score (nSPS) is 16.1. The minimum atomic E-state index is 0.492. The van der Waals surface area contributed by atoms with Gasteiger partial charge in [-0.3, -0.25) is 4.90 Å². The van der Waals surface area contributed by atoms with Crippen LogP contribution in [0.4, 0.5) is 0 Å². The molecule has 2 rings (SSSR count). The molecule has 0 unspecified atom stereocenters. The van der Waals surface area contributed by atoms with E-state index in [1.807, 2.05) is 20.2 Å². The van der Waals surface area contributed by atoms with Crippen LogP contribution in [-0.2, 0) is 6.54 Å². The highest BCUT2D eigenvalue weighted by atomic mass is 16.5. The van der Waals surface area contributed by atoms with Gasteiger partial charge in [-0.2, -0.15) is 0 Å². The molecule has 0 bridgehead atoms. The van der Waals surface area contributed by atoms with Crippen molar-refractivity contribution in [1.82, 2.24) is 20.2 Å². The average molecular weight is 250 g/mol.